The number of anilines is 1. The molecule has 2 rings (SSSR count). The third-order valence-corrected chi connectivity index (χ3v) is 2.88. The molecule has 1 aliphatic rings. The number of carboxylic acids is 1. The molecule has 1 aromatic carbocycles. The quantitative estimate of drug-likeness (QED) is 0.858. The first-order valence-corrected chi connectivity index (χ1v) is 5.61. The maximum Gasteiger partial charge on any atom is 0.323 e. The highest BCUT2D eigenvalue weighted by Crippen LogP contribution is 2.33. The van der Waals surface area contributed by atoms with E-state index >= 15 is 0 Å². The molecule has 17 heavy (non-hydrogen) atoms. The summed E-state index contributed by atoms with van der Waals surface area (Å²) >= 11 is 0. The number of nitriles is 1. The molecule has 0 unspecified atom stereocenters. The molecule has 4 heteroatoms. The maximum atomic E-state index is 10.9. The van der Waals surface area contributed by atoms with Crippen molar-refractivity contribution < 1.29 is 9.90 Å². The van der Waals surface area contributed by atoms with E-state index in [9.17, 15) is 4.79 Å². The second-order valence-corrected chi connectivity index (χ2v) is 4.39. The molecule has 0 saturated heterocycles. The molecular formula is C13H14N2O2. The van der Waals surface area contributed by atoms with Crippen LogP contribution in [0.4, 0.5) is 5.69 Å². The van der Waals surface area contributed by atoms with Crippen molar-refractivity contribution >= 4 is 11.7 Å². The van der Waals surface area contributed by atoms with Crippen LogP contribution in [0.3, 0.4) is 0 Å². The highest BCUT2D eigenvalue weighted by atomic mass is 16.4. The Morgan fingerprint density at radius 2 is 2.29 bits per heavy atom. The van der Waals surface area contributed by atoms with Crippen LogP contribution in [-0.4, -0.2) is 23.7 Å². The Morgan fingerprint density at radius 1 is 1.59 bits per heavy atom. The van der Waals surface area contributed by atoms with Crippen LogP contribution in [0.2, 0.25) is 0 Å². The molecule has 88 valence electrons. The summed E-state index contributed by atoms with van der Waals surface area (Å²) in [5.74, 6) is -0.859. The van der Waals surface area contributed by atoms with E-state index in [2.05, 4.69) is 6.07 Å². The van der Waals surface area contributed by atoms with Crippen molar-refractivity contribution in [2.45, 2.75) is 25.8 Å². The first-order valence-electron chi connectivity index (χ1n) is 5.61. The second-order valence-electron chi connectivity index (χ2n) is 4.39. The molecule has 1 fully saturated rings. The van der Waals surface area contributed by atoms with Gasteiger partial charge in [0.2, 0.25) is 0 Å². The van der Waals surface area contributed by atoms with Crippen LogP contribution >= 0.6 is 0 Å². The molecule has 1 aliphatic carbocycles. The summed E-state index contributed by atoms with van der Waals surface area (Å²) in [6.07, 6.45) is 2.01. The first-order chi connectivity index (χ1) is 8.11. The van der Waals surface area contributed by atoms with Crippen LogP contribution in [0, 0.1) is 18.3 Å². The molecule has 0 bridgehead atoms. The van der Waals surface area contributed by atoms with Crippen LogP contribution in [0.5, 0.6) is 0 Å². The topological polar surface area (TPSA) is 64.3 Å². The lowest BCUT2D eigenvalue weighted by Crippen LogP contribution is -2.32. The molecule has 1 N–H and O–H groups in total. The number of carboxylic acid groups (broad SMARTS) is 1. The smallest absolute Gasteiger partial charge is 0.323 e. The first kappa shape index (κ1) is 11.5. The number of aliphatic carboxylic acids is 1. The molecule has 0 spiro atoms. The lowest BCUT2D eigenvalue weighted by atomic mass is 10.1. The average molecular weight is 230 g/mol. The Labute approximate surface area is 100 Å². The fourth-order valence-electron chi connectivity index (χ4n) is 1.92. The van der Waals surface area contributed by atoms with Gasteiger partial charge in [-0.1, -0.05) is 6.07 Å². The second kappa shape index (κ2) is 4.46. The summed E-state index contributed by atoms with van der Waals surface area (Å²) in [4.78, 5) is 12.7. The van der Waals surface area contributed by atoms with Crippen LogP contribution in [0.1, 0.15) is 24.0 Å². The monoisotopic (exact) mass is 230 g/mol. The molecule has 0 aliphatic heterocycles. The van der Waals surface area contributed by atoms with Crippen LogP contribution in [0.25, 0.3) is 0 Å². The zero-order valence-electron chi connectivity index (χ0n) is 9.68. The highest BCUT2D eigenvalue weighted by Gasteiger charge is 2.31. The van der Waals surface area contributed by atoms with Crippen LogP contribution in [-0.2, 0) is 4.79 Å². The Bertz CT molecular complexity index is 487. The number of rotatable bonds is 4. The largest absolute Gasteiger partial charge is 0.480 e. The summed E-state index contributed by atoms with van der Waals surface area (Å²) in [5, 5.41) is 18.0. The van der Waals surface area contributed by atoms with E-state index in [0.717, 1.165) is 24.1 Å². The SMILES string of the molecule is Cc1ccc(C#N)c(N(CC(=O)O)C2CC2)c1. The standard InChI is InChI=1S/C13H14N2O2/c1-9-2-3-10(7-14)12(6-9)15(8-13(16)17)11-4-5-11/h2-3,6,11H,4-5,8H2,1H3,(H,16,17). The van der Waals surface area contributed by atoms with Gasteiger partial charge in [0.05, 0.1) is 11.3 Å². The Kier molecular flexibility index (Phi) is 3.01. The zero-order valence-corrected chi connectivity index (χ0v) is 9.68. The van der Waals surface area contributed by atoms with E-state index in [1.807, 2.05) is 24.0 Å². The van der Waals surface area contributed by atoms with Gasteiger partial charge in [-0.3, -0.25) is 4.79 Å². The van der Waals surface area contributed by atoms with Gasteiger partial charge >= 0.3 is 5.97 Å². The maximum absolute atomic E-state index is 10.9. The lowest BCUT2D eigenvalue weighted by Gasteiger charge is -2.24. The van der Waals surface area contributed by atoms with Crippen molar-refractivity contribution in [3.8, 4) is 6.07 Å². The molecule has 0 aromatic heterocycles. The van der Waals surface area contributed by atoms with Crippen molar-refractivity contribution in [2.24, 2.45) is 0 Å². The van der Waals surface area contributed by atoms with Crippen molar-refractivity contribution in [2.75, 3.05) is 11.4 Å². The van der Waals surface area contributed by atoms with Crippen LogP contribution < -0.4 is 4.90 Å². The number of aryl methyl sites for hydroxylation is 1. The van der Waals surface area contributed by atoms with Crippen molar-refractivity contribution in [3.63, 3.8) is 0 Å². The summed E-state index contributed by atoms with van der Waals surface area (Å²) in [6, 6.07) is 7.91. The van der Waals surface area contributed by atoms with Crippen molar-refractivity contribution in [3.05, 3.63) is 29.3 Å². The van der Waals surface area contributed by atoms with Gasteiger partial charge in [-0.2, -0.15) is 5.26 Å². The number of hydrogen-bond acceptors (Lipinski definition) is 3. The van der Waals surface area contributed by atoms with E-state index in [4.69, 9.17) is 10.4 Å². The summed E-state index contributed by atoms with van der Waals surface area (Å²) < 4.78 is 0. The minimum Gasteiger partial charge on any atom is -0.480 e. The van der Waals surface area contributed by atoms with Crippen molar-refractivity contribution in [1.82, 2.24) is 0 Å². The average Bonchev–Trinajstić information content (AvgIpc) is 3.09. The molecule has 1 aromatic rings. The predicted molar refractivity (Wildman–Crippen MR) is 63.9 cm³/mol. The van der Waals surface area contributed by atoms with Gasteiger partial charge in [0, 0.05) is 6.04 Å². The van der Waals surface area contributed by atoms with Gasteiger partial charge in [0.15, 0.2) is 0 Å². The van der Waals surface area contributed by atoms with E-state index in [-0.39, 0.29) is 12.6 Å². The zero-order chi connectivity index (χ0) is 12.4. The predicted octanol–water partition coefficient (Wildman–Crippen LogP) is 1.92. The normalized spacial score (nSPS) is 14.1. The molecule has 4 nitrogen and oxygen atoms in total. The third-order valence-electron chi connectivity index (χ3n) is 2.88. The minimum absolute atomic E-state index is 0.0389. The summed E-state index contributed by atoms with van der Waals surface area (Å²) in [5.41, 5.74) is 2.33. The Morgan fingerprint density at radius 3 is 2.82 bits per heavy atom. The van der Waals surface area contributed by atoms with E-state index in [1.54, 1.807) is 6.07 Å². The fourth-order valence-corrected chi connectivity index (χ4v) is 1.92. The number of nitrogens with zero attached hydrogens (tertiary/aromatic N) is 2. The minimum atomic E-state index is -0.859. The number of carbonyl (C=O) groups is 1. The van der Waals surface area contributed by atoms with Crippen LogP contribution in [0.15, 0.2) is 18.2 Å². The van der Waals surface area contributed by atoms with Gasteiger partial charge in [0.1, 0.15) is 12.6 Å². The van der Waals surface area contributed by atoms with Gasteiger partial charge in [-0.15, -0.1) is 0 Å². The van der Waals surface area contributed by atoms with Gasteiger partial charge in [-0.05, 0) is 37.5 Å². The number of benzene rings is 1. The third kappa shape index (κ3) is 2.56. The molecular weight excluding hydrogens is 216 g/mol. The van der Waals surface area contributed by atoms with Crippen molar-refractivity contribution in [1.29, 1.82) is 5.26 Å². The molecule has 0 heterocycles. The Hall–Kier alpha value is -2.02. The molecule has 0 radical (unpaired) electrons. The Balaban J connectivity index is 2.37. The van der Waals surface area contributed by atoms with E-state index in [0.29, 0.717) is 5.56 Å². The molecule has 0 atom stereocenters. The summed E-state index contributed by atoms with van der Waals surface area (Å²) in [6.45, 7) is 1.90. The van der Waals surface area contributed by atoms with E-state index < -0.39 is 5.97 Å². The summed E-state index contributed by atoms with van der Waals surface area (Å²) in [7, 11) is 0. The highest BCUT2D eigenvalue weighted by molar-refractivity contribution is 5.76. The van der Waals surface area contributed by atoms with E-state index in [1.165, 1.54) is 0 Å². The van der Waals surface area contributed by atoms with Gasteiger partial charge in [-0.25, -0.2) is 0 Å². The fraction of sp³-hybridized carbons (Fsp3) is 0.385. The number of hydrogen-bond donors (Lipinski definition) is 1. The van der Waals surface area contributed by atoms with Gasteiger partial charge < -0.3 is 10.0 Å². The van der Waals surface area contributed by atoms with Gasteiger partial charge in [0.25, 0.3) is 0 Å². The molecule has 1 saturated carbocycles. The lowest BCUT2D eigenvalue weighted by molar-refractivity contribution is -0.135. The molecule has 0 amide bonds.